The molecular formula is C30H27ClFN3O3S. The molecule has 4 aromatic rings. The van der Waals surface area contributed by atoms with Crippen molar-refractivity contribution in [1.29, 1.82) is 0 Å². The number of piperazine rings is 1. The Hall–Kier alpha value is -3.72. The van der Waals surface area contributed by atoms with Gasteiger partial charge in [-0.1, -0.05) is 78.3 Å². The molecule has 0 unspecified atom stereocenters. The number of nitrogens with one attached hydrogen (secondary N) is 1. The first-order valence-corrected chi connectivity index (χ1v) is 14.4. The second-order valence-corrected chi connectivity index (χ2v) is 11.3. The summed E-state index contributed by atoms with van der Waals surface area (Å²) in [6.07, 6.45) is 0. The van der Waals surface area contributed by atoms with Gasteiger partial charge >= 0.3 is 0 Å². The number of benzene rings is 4. The van der Waals surface area contributed by atoms with Gasteiger partial charge in [-0.3, -0.25) is 9.69 Å². The van der Waals surface area contributed by atoms with Crippen LogP contribution in [0.5, 0.6) is 0 Å². The van der Waals surface area contributed by atoms with Crippen LogP contribution in [-0.2, 0) is 16.6 Å². The summed E-state index contributed by atoms with van der Waals surface area (Å²) in [6.45, 7) is 2.56. The first kappa shape index (κ1) is 26.9. The maximum atomic E-state index is 15.1. The SMILES string of the molecule is O=C(NS(=O)(=O)c1cccc(F)c1N1CCN(Cc2c(Cl)cccc2-c2ccccc2)CC1)c1ccccc1. The van der Waals surface area contributed by atoms with Gasteiger partial charge in [0.1, 0.15) is 10.7 Å². The van der Waals surface area contributed by atoms with Gasteiger partial charge in [-0.15, -0.1) is 0 Å². The van der Waals surface area contributed by atoms with Crippen LogP contribution in [0.15, 0.2) is 102 Å². The summed E-state index contributed by atoms with van der Waals surface area (Å²) >= 11 is 6.61. The number of para-hydroxylation sites is 1. The van der Waals surface area contributed by atoms with E-state index in [1.807, 2.05) is 48.5 Å². The van der Waals surface area contributed by atoms with Crippen LogP contribution in [0.2, 0.25) is 5.02 Å². The van der Waals surface area contributed by atoms with E-state index in [1.54, 1.807) is 23.1 Å². The Morgan fingerprint density at radius 2 is 1.46 bits per heavy atom. The number of carbonyl (C=O) groups excluding carboxylic acids is 1. The summed E-state index contributed by atoms with van der Waals surface area (Å²) in [6, 6.07) is 27.8. The van der Waals surface area contributed by atoms with E-state index in [0.717, 1.165) is 16.7 Å². The van der Waals surface area contributed by atoms with Gasteiger partial charge in [0.25, 0.3) is 15.9 Å². The Balaban J connectivity index is 1.33. The second kappa shape index (κ2) is 11.6. The van der Waals surface area contributed by atoms with Crippen molar-refractivity contribution in [2.45, 2.75) is 11.4 Å². The van der Waals surface area contributed by atoms with E-state index in [0.29, 0.717) is 37.7 Å². The van der Waals surface area contributed by atoms with Crippen molar-refractivity contribution >= 4 is 33.2 Å². The van der Waals surface area contributed by atoms with Gasteiger partial charge in [-0.2, -0.15) is 0 Å². The van der Waals surface area contributed by atoms with Crippen LogP contribution in [0.3, 0.4) is 0 Å². The maximum Gasteiger partial charge on any atom is 0.266 e. The van der Waals surface area contributed by atoms with Crippen molar-refractivity contribution in [2.75, 3.05) is 31.1 Å². The van der Waals surface area contributed by atoms with Gasteiger partial charge in [-0.25, -0.2) is 17.5 Å². The van der Waals surface area contributed by atoms with Crippen LogP contribution in [0.1, 0.15) is 15.9 Å². The molecule has 0 radical (unpaired) electrons. The van der Waals surface area contributed by atoms with Gasteiger partial charge in [0.2, 0.25) is 0 Å². The number of sulfonamides is 1. The Labute approximate surface area is 232 Å². The van der Waals surface area contributed by atoms with E-state index in [-0.39, 0.29) is 16.1 Å². The fourth-order valence-corrected chi connectivity index (χ4v) is 6.25. The van der Waals surface area contributed by atoms with E-state index in [1.165, 1.54) is 30.3 Å². The van der Waals surface area contributed by atoms with E-state index in [4.69, 9.17) is 11.6 Å². The number of halogens is 2. The molecule has 1 aliphatic rings. The molecular weight excluding hydrogens is 537 g/mol. The number of hydrogen-bond donors (Lipinski definition) is 1. The monoisotopic (exact) mass is 563 g/mol. The molecule has 4 aromatic carbocycles. The smallest absolute Gasteiger partial charge is 0.266 e. The lowest BCUT2D eigenvalue weighted by atomic mass is 9.99. The molecule has 0 aliphatic carbocycles. The standard InChI is InChI=1S/C30H27ClFN3O3S/c31-26-14-7-13-24(22-9-3-1-4-10-22)25(26)21-34-17-19-35(20-18-34)29-27(32)15-8-16-28(29)39(37,38)33-30(36)23-11-5-2-6-12-23/h1-16H,17-21H2,(H,33,36). The maximum absolute atomic E-state index is 15.1. The third kappa shape index (κ3) is 5.98. The van der Waals surface area contributed by atoms with Gasteiger partial charge < -0.3 is 4.90 Å². The number of rotatable bonds is 7. The van der Waals surface area contributed by atoms with Crippen molar-refractivity contribution in [3.8, 4) is 11.1 Å². The molecule has 1 aliphatic heterocycles. The average Bonchev–Trinajstić information content (AvgIpc) is 2.95. The highest BCUT2D eigenvalue weighted by atomic mass is 35.5. The lowest BCUT2D eigenvalue weighted by Crippen LogP contribution is -2.47. The second-order valence-electron chi connectivity index (χ2n) is 9.28. The molecule has 0 spiro atoms. The first-order chi connectivity index (χ1) is 18.8. The first-order valence-electron chi connectivity index (χ1n) is 12.5. The van der Waals surface area contributed by atoms with Crippen LogP contribution in [0.4, 0.5) is 10.1 Å². The molecule has 1 saturated heterocycles. The minimum Gasteiger partial charge on any atom is -0.365 e. The third-order valence-electron chi connectivity index (χ3n) is 6.78. The highest BCUT2D eigenvalue weighted by molar-refractivity contribution is 7.90. The Bertz CT molecular complexity index is 1580. The molecule has 0 bridgehead atoms. The van der Waals surface area contributed by atoms with Crippen molar-refractivity contribution in [3.63, 3.8) is 0 Å². The summed E-state index contributed by atoms with van der Waals surface area (Å²) in [4.78, 5) is 16.2. The number of nitrogens with zero attached hydrogens (tertiary/aromatic N) is 2. The zero-order valence-electron chi connectivity index (χ0n) is 21.1. The number of carbonyl (C=O) groups is 1. The Morgan fingerprint density at radius 1 is 0.821 bits per heavy atom. The Morgan fingerprint density at radius 3 is 2.15 bits per heavy atom. The zero-order chi connectivity index (χ0) is 27.4. The number of anilines is 1. The van der Waals surface area contributed by atoms with E-state index >= 15 is 4.39 Å². The van der Waals surface area contributed by atoms with Gasteiger partial charge in [-0.05, 0) is 47.0 Å². The molecule has 0 atom stereocenters. The average molecular weight is 564 g/mol. The van der Waals surface area contributed by atoms with Gasteiger partial charge in [0.05, 0.1) is 5.69 Å². The molecule has 1 amide bonds. The topological polar surface area (TPSA) is 69.7 Å². The molecule has 1 N–H and O–H groups in total. The van der Waals surface area contributed by atoms with Crippen LogP contribution in [0, 0.1) is 5.82 Å². The molecule has 1 fully saturated rings. The van der Waals surface area contributed by atoms with Gasteiger partial charge in [0, 0.05) is 43.3 Å². The van der Waals surface area contributed by atoms with Crippen molar-refractivity contribution in [3.05, 3.63) is 119 Å². The molecule has 0 saturated carbocycles. The summed E-state index contributed by atoms with van der Waals surface area (Å²) in [5, 5.41) is 0.676. The summed E-state index contributed by atoms with van der Waals surface area (Å²) in [5.74, 6) is -1.43. The summed E-state index contributed by atoms with van der Waals surface area (Å²) < 4.78 is 43.6. The number of hydrogen-bond acceptors (Lipinski definition) is 5. The van der Waals surface area contributed by atoms with Crippen molar-refractivity contribution < 1.29 is 17.6 Å². The molecule has 9 heteroatoms. The van der Waals surface area contributed by atoms with E-state index in [2.05, 4.69) is 9.62 Å². The minimum atomic E-state index is -4.33. The zero-order valence-corrected chi connectivity index (χ0v) is 22.6. The molecule has 39 heavy (non-hydrogen) atoms. The largest absolute Gasteiger partial charge is 0.365 e. The highest BCUT2D eigenvalue weighted by Crippen LogP contribution is 2.32. The van der Waals surface area contributed by atoms with E-state index < -0.39 is 21.7 Å². The molecule has 200 valence electrons. The number of amides is 1. The lowest BCUT2D eigenvalue weighted by molar-refractivity contribution is 0.0981. The van der Waals surface area contributed by atoms with Crippen LogP contribution in [0.25, 0.3) is 11.1 Å². The molecule has 0 aromatic heterocycles. The lowest BCUT2D eigenvalue weighted by Gasteiger charge is -2.37. The molecule has 5 rings (SSSR count). The Kier molecular flexibility index (Phi) is 7.97. The fraction of sp³-hybridized carbons (Fsp3) is 0.167. The highest BCUT2D eigenvalue weighted by Gasteiger charge is 2.29. The molecule has 6 nitrogen and oxygen atoms in total. The van der Waals surface area contributed by atoms with Crippen LogP contribution in [-0.4, -0.2) is 45.4 Å². The van der Waals surface area contributed by atoms with E-state index in [9.17, 15) is 13.2 Å². The minimum absolute atomic E-state index is 0.0340. The predicted molar refractivity (Wildman–Crippen MR) is 152 cm³/mol. The molecule has 1 heterocycles. The quantitative estimate of drug-likeness (QED) is 0.318. The van der Waals surface area contributed by atoms with Crippen LogP contribution >= 0.6 is 11.6 Å². The summed E-state index contributed by atoms with van der Waals surface area (Å²) in [7, 11) is -4.33. The van der Waals surface area contributed by atoms with Crippen LogP contribution < -0.4 is 9.62 Å². The van der Waals surface area contributed by atoms with Gasteiger partial charge in [0.15, 0.2) is 0 Å². The third-order valence-corrected chi connectivity index (χ3v) is 8.49. The van der Waals surface area contributed by atoms with Crippen molar-refractivity contribution in [1.82, 2.24) is 9.62 Å². The fourth-order valence-electron chi connectivity index (χ4n) is 4.81. The summed E-state index contributed by atoms with van der Waals surface area (Å²) in [5.41, 5.74) is 3.31. The predicted octanol–water partition coefficient (Wildman–Crippen LogP) is 5.59. The van der Waals surface area contributed by atoms with Crippen molar-refractivity contribution in [2.24, 2.45) is 0 Å². The normalized spacial score (nSPS) is 14.3.